The summed E-state index contributed by atoms with van der Waals surface area (Å²) in [6, 6.07) is 5.52. The highest BCUT2D eigenvalue weighted by Crippen LogP contribution is 2.33. The Hall–Kier alpha value is -3.56. The van der Waals surface area contributed by atoms with Gasteiger partial charge in [0.2, 0.25) is 0 Å². The van der Waals surface area contributed by atoms with Crippen LogP contribution in [0.25, 0.3) is 33.5 Å². The van der Waals surface area contributed by atoms with Crippen LogP contribution in [0.3, 0.4) is 0 Å². The molecule has 1 fully saturated rings. The van der Waals surface area contributed by atoms with Gasteiger partial charge in [-0.05, 0) is 51.4 Å². The number of carbonyl (C=O) groups excluding carboxylic acids is 1. The van der Waals surface area contributed by atoms with Crippen molar-refractivity contribution >= 4 is 36.0 Å². The molecule has 0 aliphatic carbocycles. The van der Waals surface area contributed by atoms with Gasteiger partial charge in [-0.15, -0.1) is 0 Å². The highest BCUT2D eigenvalue weighted by Gasteiger charge is 2.37. The fourth-order valence-corrected chi connectivity index (χ4v) is 6.27. The number of rotatable bonds is 13. The van der Waals surface area contributed by atoms with E-state index in [0.29, 0.717) is 71.7 Å². The van der Waals surface area contributed by atoms with Gasteiger partial charge in [0.15, 0.2) is 5.65 Å². The summed E-state index contributed by atoms with van der Waals surface area (Å²) in [6.07, 6.45) is 3.60. The first kappa shape index (κ1) is 34.8. The predicted octanol–water partition coefficient (Wildman–Crippen LogP) is 6.62. The number of fused-ring (bicyclic) bond motifs is 2. The van der Waals surface area contributed by atoms with Crippen LogP contribution in [0, 0.1) is 0 Å². The molecule has 0 spiro atoms. The van der Waals surface area contributed by atoms with Crippen molar-refractivity contribution in [2.45, 2.75) is 90.6 Å². The third-order valence-electron chi connectivity index (χ3n) is 7.81. The van der Waals surface area contributed by atoms with E-state index in [0.717, 1.165) is 6.04 Å². The Bertz CT molecular complexity index is 1730. The van der Waals surface area contributed by atoms with Crippen LogP contribution in [-0.2, 0) is 18.0 Å². The lowest BCUT2D eigenvalue weighted by atomic mass is 10.1. The molecule has 0 atom stereocenters. The summed E-state index contributed by atoms with van der Waals surface area (Å²) in [5.74, 6) is -3.05. The molecule has 0 saturated carbocycles. The first-order valence-corrected chi connectivity index (χ1v) is 19.5. The molecule has 10 nitrogen and oxygen atoms in total. The first-order chi connectivity index (χ1) is 22.0. The van der Waals surface area contributed by atoms with Crippen LogP contribution < -0.4 is 10.1 Å². The van der Waals surface area contributed by atoms with E-state index in [4.69, 9.17) is 14.8 Å². The zero-order chi connectivity index (χ0) is 34.1. The Kier molecular flexibility index (Phi) is 9.99. The summed E-state index contributed by atoms with van der Waals surface area (Å²) in [6.45, 7) is 11.1. The van der Waals surface area contributed by atoms with E-state index in [1.54, 1.807) is 26.4 Å². The number of likely N-dealkylation sites (tertiary alicyclic amines) is 1. The number of carbonyl (C=O) groups is 1. The summed E-state index contributed by atoms with van der Waals surface area (Å²) in [4.78, 5) is 24.7. The molecule has 3 aromatic heterocycles. The van der Waals surface area contributed by atoms with Gasteiger partial charge in [0.1, 0.15) is 29.4 Å². The van der Waals surface area contributed by atoms with Gasteiger partial charge >= 0.3 is 6.61 Å². The standard InChI is InChI=1S/C32H43F4N7O3Si/c1-31(2,3)39-29(44)23-18-42(20-45-14-15-47(4,5)6)28-27(23)38-24(17-37-28)26-22-16-21(46-30(33)34)8-9-25(22)43(40-26)12-7-11-41-13-10-32(35,36)19-41/h8-9,16-18,30H,7,10-15,19-20H2,1-6H3,(H,39,44). The largest absolute Gasteiger partial charge is 0.435 e. The Morgan fingerprint density at radius 1 is 1.17 bits per heavy atom. The normalized spacial score (nSPS) is 15.7. The van der Waals surface area contributed by atoms with Gasteiger partial charge in [-0.25, -0.2) is 18.7 Å². The molecule has 1 saturated heterocycles. The van der Waals surface area contributed by atoms with Crippen LogP contribution in [0.5, 0.6) is 5.75 Å². The molecule has 4 aromatic rings. The fraction of sp³-hybridized carbons (Fsp3) is 0.562. The Balaban J connectivity index is 1.51. The molecule has 1 amide bonds. The summed E-state index contributed by atoms with van der Waals surface area (Å²) < 4.78 is 67.8. The van der Waals surface area contributed by atoms with E-state index in [9.17, 15) is 22.4 Å². The second-order valence-electron chi connectivity index (χ2n) is 14.4. The number of amides is 1. The maximum absolute atomic E-state index is 13.7. The minimum absolute atomic E-state index is 0.0477. The number of aryl methyl sites for hydroxylation is 1. The van der Waals surface area contributed by atoms with Crippen LogP contribution in [0.2, 0.25) is 25.7 Å². The van der Waals surface area contributed by atoms with Crippen LogP contribution in [0.4, 0.5) is 17.6 Å². The van der Waals surface area contributed by atoms with E-state index in [1.165, 1.54) is 18.3 Å². The van der Waals surface area contributed by atoms with Crippen LogP contribution in [0.1, 0.15) is 44.0 Å². The number of hydrogen-bond donors (Lipinski definition) is 1. The Morgan fingerprint density at radius 3 is 2.60 bits per heavy atom. The molecule has 0 unspecified atom stereocenters. The lowest BCUT2D eigenvalue weighted by Gasteiger charge is -2.20. The summed E-state index contributed by atoms with van der Waals surface area (Å²) >= 11 is 0. The third kappa shape index (κ3) is 8.87. The SMILES string of the molecule is CC(C)(C)NC(=O)c1cn(COCC[Si](C)(C)C)c2ncc(-c3nn(CCCN4CCC(F)(F)C4)c4ccc(OC(F)F)cc34)nc12. The molecule has 1 aliphatic rings. The Labute approximate surface area is 272 Å². The van der Waals surface area contributed by atoms with Crippen molar-refractivity contribution < 1.29 is 31.8 Å². The van der Waals surface area contributed by atoms with Gasteiger partial charge in [0.05, 0.1) is 23.8 Å². The maximum Gasteiger partial charge on any atom is 0.387 e. The van der Waals surface area contributed by atoms with Crippen molar-refractivity contribution in [3.63, 3.8) is 0 Å². The first-order valence-electron chi connectivity index (χ1n) is 15.8. The van der Waals surface area contributed by atoms with Crippen molar-refractivity contribution in [3.05, 3.63) is 36.2 Å². The van der Waals surface area contributed by atoms with Crippen molar-refractivity contribution in [2.24, 2.45) is 0 Å². The average molecular weight is 678 g/mol. The van der Waals surface area contributed by atoms with E-state index in [1.807, 2.05) is 20.8 Å². The molecule has 4 heterocycles. The quantitative estimate of drug-likeness (QED) is 0.0965. The fourth-order valence-electron chi connectivity index (χ4n) is 5.52. The minimum atomic E-state index is -3.02. The maximum atomic E-state index is 13.7. The van der Waals surface area contributed by atoms with Crippen molar-refractivity contribution in [1.82, 2.24) is 34.5 Å². The van der Waals surface area contributed by atoms with Crippen LogP contribution in [0.15, 0.2) is 30.6 Å². The topological polar surface area (TPSA) is 99.3 Å². The molecule has 0 bridgehead atoms. The number of halogens is 4. The molecule has 5 rings (SSSR count). The third-order valence-corrected chi connectivity index (χ3v) is 9.51. The van der Waals surface area contributed by atoms with E-state index < -0.39 is 26.1 Å². The van der Waals surface area contributed by atoms with Gasteiger partial charge in [0, 0.05) is 57.9 Å². The van der Waals surface area contributed by atoms with E-state index >= 15 is 0 Å². The van der Waals surface area contributed by atoms with E-state index in [-0.39, 0.29) is 31.4 Å². The smallest absolute Gasteiger partial charge is 0.387 e. The van der Waals surface area contributed by atoms with Crippen LogP contribution in [-0.4, -0.2) is 87.5 Å². The number of nitrogens with one attached hydrogen (secondary N) is 1. The second kappa shape index (κ2) is 13.5. The average Bonchev–Trinajstić information content (AvgIpc) is 3.61. The lowest BCUT2D eigenvalue weighted by molar-refractivity contribution is -0.0497. The van der Waals surface area contributed by atoms with Gasteiger partial charge in [0.25, 0.3) is 11.8 Å². The summed E-state index contributed by atoms with van der Waals surface area (Å²) in [5, 5.41) is 8.26. The molecule has 1 aromatic carbocycles. The monoisotopic (exact) mass is 677 g/mol. The summed E-state index contributed by atoms with van der Waals surface area (Å²) in [5.41, 5.74) is 1.93. The zero-order valence-corrected chi connectivity index (χ0v) is 28.7. The summed E-state index contributed by atoms with van der Waals surface area (Å²) in [7, 11) is -1.31. The van der Waals surface area contributed by atoms with Gasteiger partial charge < -0.3 is 19.4 Å². The number of nitrogens with zero attached hydrogens (tertiary/aromatic N) is 6. The number of benzene rings is 1. The van der Waals surface area contributed by atoms with Crippen molar-refractivity contribution in [1.29, 1.82) is 0 Å². The van der Waals surface area contributed by atoms with E-state index in [2.05, 4.69) is 34.7 Å². The van der Waals surface area contributed by atoms with Gasteiger partial charge in [-0.2, -0.15) is 13.9 Å². The zero-order valence-electron chi connectivity index (χ0n) is 27.7. The molecule has 1 aliphatic heterocycles. The molecular weight excluding hydrogens is 634 g/mol. The highest BCUT2D eigenvalue weighted by molar-refractivity contribution is 6.76. The minimum Gasteiger partial charge on any atom is -0.435 e. The van der Waals surface area contributed by atoms with Crippen LogP contribution >= 0.6 is 0 Å². The number of ether oxygens (including phenoxy) is 2. The lowest BCUT2D eigenvalue weighted by Crippen LogP contribution is -2.40. The molecule has 0 radical (unpaired) electrons. The number of hydrogen-bond acceptors (Lipinski definition) is 7. The molecule has 256 valence electrons. The second-order valence-corrected chi connectivity index (χ2v) is 20.0. The molecule has 1 N–H and O–H groups in total. The predicted molar refractivity (Wildman–Crippen MR) is 175 cm³/mol. The van der Waals surface area contributed by atoms with Gasteiger partial charge in [-0.3, -0.25) is 14.4 Å². The molecule has 15 heteroatoms. The van der Waals surface area contributed by atoms with Gasteiger partial charge in [-0.1, -0.05) is 19.6 Å². The van der Waals surface area contributed by atoms with Crippen molar-refractivity contribution in [2.75, 3.05) is 26.2 Å². The molecule has 47 heavy (non-hydrogen) atoms. The highest BCUT2D eigenvalue weighted by atomic mass is 28.3. The number of aromatic nitrogens is 5. The molecular formula is C32H43F4N7O3Si. The Morgan fingerprint density at radius 2 is 1.94 bits per heavy atom. The number of alkyl halides is 4. The van der Waals surface area contributed by atoms with Crippen molar-refractivity contribution in [3.8, 4) is 17.1 Å².